The van der Waals surface area contributed by atoms with Crippen LogP contribution in [0, 0.1) is 0 Å². The summed E-state index contributed by atoms with van der Waals surface area (Å²) in [5, 5.41) is 5.45. The van der Waals surface area contributed by atoms with Crippen LogP contribution in [0.5, 0.6) is 5.75 Å². The van der Waals surface area contributed by atoms with E-state index >= 15 is 0 Å². The molecule has 1 N–H and O–H groups in total. The van der Waals surface area contributed by atoms with Gasteiger partial charge >= 0.3 is 0 Å². The molecule has 0 bridgehead atoms. The zero-order valence-electron chi connectivity index (χ0n) is 11.9. The summed E-state index contributed by atoms with van der Waals surface area (Å²) in [6.07, 6.45) is 0. The molecule has 0 radical (unpaired) electrons. The minimum atomic E-state index is 0.191. The lowest BCUT2D eigenvalue weighted by atomic mass is 9.98. The molecule has 1 atom stereocenters. The van der Waals surface area contributed by atoms with Crippen molar-refractivity contribution in [2.24, 2.45) is 0 Å². The highest BCUT2D eigenvalue weighted by Crippen LogP contribution is 2.34. The van der Waals surface area contributed by atoms with Crippen molar-refractivity contribution in [2.45, 2.75) is 25.8 Å². The van der Waals surface area contributed by atoms with Crippen molar-refractivity contribution in [3.63, 3.8) is 0 Å². The Morgan fingerprint density at radius 2 is 1.68 bits per heavy atom. The Morgan fingerprint density at radius 3 is 2.21 bits per heavy atom. The van der Waals surface area contributed by atoms with Gasteiger partial charge in [-0.3, -0.25) is 0 Å². The zero-order valence-corrected chi connectivity index (χ0v) is 12.8. The molecule has 0 saturated heterocycles. The van der Waals surface area contributed by atoms with Gasteiger partial charge in [-0.2, -0.15) is 0 Å². The van der Waals surface area contributed by atoms with Gasteiger partial charge in [0, 0.05) is 0 Å². The number of hydrogen-bond donors (Lipinski definition) is 1. The lowest BCUT2D eigenvalue weighted by Crippen LogP contribution is -2.17. The summed E-state index contributed by atoms with van der Waals surface area (Å²) in [6.45, 7) is 4.43. The quantitative estimate of drug-likeness (QED) is 0.883. The lowest BCUT2D eigenvalue weighted by Gasteiger charge is -2.17. The molecule has 1 aromatic carbocycles. The topological polar surface area (TPSA) is 21.3 Å². The minimum Gasteiger partial charge on any atom is -0.496 e. The van der Waals surface area contributed by atoms with Gasteiger partial charge in [0.15, 0.2) is 0 Å². The van der Waals surface area contributed by atoms with Gasteiger partial charge in [-0.25, -0.2) is 0 Å². The Hall–Kier alpha value is -1.32. The Morgan fingerprint density at radius 1 is 1.05 bits per heavy atom. The van der Waals surface area contributed by atoms with E-state index < -0.39 is 0 Å². The van der Waals surface area contributed by atoms with Gasteiger partial charge in [-0.1, -0.05) is 38.1 Å². The fourth-order valence-corrected chi connectivity index (χ4v) is 3.21. The van der Waals surface area contributed by atoms with Gasteiger partial charge in [0.05, 0.1) is 18.0 Å². The maximum Gasteiger partial charge on any atom is 0.134 e. The van der Waals surface area contributed by atoms with Gasteiger partial charge in [0.2, 0.25) is 0 Å². The number of methoxy groups -OCH3 is 1. The van der Waals surface area contributed by atoms with E-state index in [1.807, 2.05) is 13.1 Å². The molecule has 1 unspecified atom stereocenters. The van der Waals surface area contributed by atoms with Gasteiger partial charge in [-0.15, -0.1) is 11.3 Å². The maximum absolute atomic E-state index is 5.42. The monoisotopic (exact) mass is 275 g/mol. The number of hydrogen-bond acceptors (Lipinski definition) is 3. The van der Waals surface area contributed by atoms with Gasteiger partial charge in [-0.05, 0) is 35.5 Å². The first kappa shape index (κ1) is 14.1. The Balaban J connectivity index is 2.32. The van der Waals surface area contributed by atoms with Gasteiger partial charge in [0.1, 0.15) is 5.75 Å². The highest BCUT2D eigenvalue weighted by atomic mass is 32.1. The summed E-state index contributed by atoms with van der Waals surface area (Å²) in [5.74, 6) is 1.52. The van der Waals surface area contributed by atoms with Crippen molar-refractivity contribution in [2.75, 3.05) is 14.2 Å². The van der Waals surface area contributed by atoms with E-state index in [1.54, 1.807) is 18.4 Å². The molecule has 2 aromatic rings. The Labute approximate surface area is 119 Å². The summed E-state index contributed by atoms with van der Waals surface area (Å²) in [6, 6.07) is 11.0. The number of nitrogens with one attached hydrogen (secondary N) is 1. The summed E-state index contributed by atoms with van der Waals surface area (Å²) in [5.41, 5.74) is 2.64. The third-order valence-electron chi connectivity index (χ3n) is 3.36. The van der Waals surface area contributed by atoms with Crippen LogP contribution >= 0.6 is 11.3 Å². The van der Waals surface area contributed by atoms with Crippen molar-refractivity contribution in [3.05, 3.63) is 51.7 Å². The molecule has 2 nitrogen and oxygen atoms in total. The molecule has 1 aromatic heterocycles. The molecular formula is C16H21NOS. The number of benzene rings is 1. The van der Waals surface area contributed by atoms with E-state index in [-0.39, 0.29) is 6.04 Å². The smallest absolute Gasteiger partial charge is 0.134 e. The van der Waals surface area contributed by atoms with Crippen LogP contribution in [0.1, 0.15) is 41.8 Å². The molecule has 19 heavy (non-hydrogen) atoms. The summed E-state index contributed by atoms with van der Waals surface area (Å²) >= 11 is 1.72. The fourth-order valence-electron chi connectivity index (χ4n) is 2.21. The van der Waals surface area contributed by atoms with Gasteiger partial charge in [0.25, 0.3) is 0 Å². The first-order valence-corrected chi connectivity index (χ1v) is 7.43. The van der Waals surface area contributed by atoms with Crippen LogP contribution in [-0.4, -0.2) is 14.2 Å². The van der Waals surface area contributed by atoms with Crippen molar-refractivity contribution < 1.29 is 4.74 Å². The number of rotatable bonds is 5. The lowest BCUT2D eigenvalue weighted by molar-refractivity contribution is 0.408. The highest BCUT2D eigenvalue weighted by Gasteiger charge is 2.18. The molecule has 3 heteroatoms. The van der Waals surface area contributed by atoms with E-state index in [1.165, 1.54) is 16.0 Å². The minimum absolute atomic E-state index is 0.191. The summed E-state index contributed by atoms with van der Waals surface area (Å²) < 4.78 is 5.42. The summed E-state index contributed by atoms with van der Waals surface area (Å²) in [7, 11) is 3.71. The molecule has 0 aliphatic rings. The third kappa shape index (κ3) is 2.99. The standard InChI is InChI=1S/C16H21NOS/c1-11(2)12-5-7-13(8-6-12)15(17-3)16-14(18-4)9-10-19-16/h5-11,15,17H,1-4H3. The fraction of sp³-hybridized carbons (Fsp3) is 0.375. The molecule has 0 spiro atoms. The van der Waals surface area contributed by atoms with Crippen molar-refractivity contribution in [1.82, 2.24) is 5.32 Å². The normalized spacial score (nSPS) is 12.7. The first-order valence-electron chi connectivity index (χ1n) is 6.55. The molecular weight excluding hydrogens is 254 g/mol. The average Bonchev–Trinajstić information content (AvgIpc) is 2.88. The Bertz CT molecular complexity index is 516. The molecule has 0 fully saturated rings. The third-order valence-corrected chi connectivity index (χ3v) is 4.33. The van der Waals surface area contributed by atoms with E-state index in [0.717, 1.165) is 5.75 Å². The van der Waals surface area contributed by atoms with Crippen LogP contribution in [0.15, 0.2) is 35.7 Å². The predicted octanol–water partition coefficient (Wildman–Crippen LogP) is 4.19. The van der Waals surface area contributed by atoms with Crippen LogP contribution < -0.4 is 10.1 Å². The average molecular weight is 275 g/mol. The van der Waals surface area contributed by atoms with Crippen LogP contribution in [0.3, 0.4) is 0 Å². The largest absolute Gasteiger partial charge is 0.496 e. The van der Waals surface area contributed by atoms with Crippen LogP contribution in [0.25, 0.3) is 0 Å². The molecule has 0 amide bonds. The summed E-state index contributed by atoms with van der Waals surface area (Å²) in [4.78, 5) is 1.22. The van der Waals surface area contributed by atoms with E-state index in [0.29, 0.717) is 5.92 Å². The molecule has 0 aliphatic heterocycles. The molecule has 0 saturated carbocycles. The first-order chi connectivity index (χ1) is 9.17. The van der Waals surface area contributed by atoms with Crippen LogP contribution in [-0.2, 0) is 0 Å². The van der Waals surface area contributed by atoms with E-state index in [2.05, 4.69) is 48.8 Å². The van der Waals surface area contributed by atoms with Crippen LogP contribution in [0.4, 0.5) is 0 Å². The second kappa shape index (κ2) is 6.22. The van der Waals surface area contributed by atoms with Crippen molar-refractivity contribution >= 4 is 11.3 Å². The second-order valence-electron chi connectivity index (χ2n) is 4.90. The Kier molecular flexibility index (Phi) is 4.61. The van der Waals surface area contributed by atoms with E-state index in [9.17, 15) is 0 Å². The molecule has 2 rings (SSSR count). The van der Waals surface area contributed by atoms with Crippen molar-refractivity contribution in [1.29, 1.82) is 0 Å². The second-order valence-corrected chi connectivity index (χ2v) is 5.84. The van der Waals surface area contributed by atoms with Gasteiger partial charge < -0.3 is 10.1 Å². The maximum atomic E-state index is 5.42. The predicted molar refractivity (Wildman–Crippen MR) is 82.3 cm³/mol. The van der Waals surface area contributed by atoms with Crippen LogP contribution in [0.2, 0.25) is 0 Å². The van der Waals surface area contributed by atoms with Crippen molar-refractivity contribution in [3.8, 4) is 5.75 Å². The number of ether oxygens (including phenoxy) is 1. The zero-order chi connectivity index (χ0) is 13.8. The SMILES string of the molecule is CNC(c1ccc(C(C)C)cc1)c1sccc1OC. The van der Waals surface area contributed by atoms with E-state index in [4.69, 9.17) is 4.74 Å². The molecule has 102 valence electrons. The molecule has 1 heterocycles. The highest BCUT2D eigenvalue weighted by molar-refractivity contribution is 7.10. The number of thiophene rings is 1. The molecule has 0 aliphatic carbocycles.